The van der Waals surface area contributed by atoms with Crippen LogP contribution in [-0.2, 0) is 0 Å². The number of nitrogens with two attached hydrogens (primary N) is 1. The number of benzene rings is 2. The molecule has 2 aromatic heterocycles. The quantitative estimate of drug-likeness (QED) is 0.541. The Kier molecular flexibility index (Phi) is 2.44. The second-order valence-electron chi connectivity index (χ2n) is 5.18. The number of aromatic nitrogens is 3. The van der Waals surface area contributed by atoms with Gasteiger partial charge in [0.05, 0.1) is 5.52 Å². The summed E-state index contributed by atoms with van der Waals surface area (Å²) in [6.07, 6.45) is 0. The minimum Gasteiger partial charge on any atom is -0.399 e. The fraction of sp³-hybridized carbons (Fsp3) is 0.0588. The van der Waals surface area contributed by atoms with E-state index in [0.29, 0.717) is 0 Å². The molecule has 4 heteroatoms. The van der Waals surface area contributed by atoms with Crippen LogP contribution in [0.2, 0.25) is 0 Å². The molecule has 4 aromatic rings. The Labute approximate surface area is 121 Å². The molecule has 2 heterocycles. The molecule has 0 saturated carbocycles. The van der Waals surface area contributed by atoms with Crippen LogP contribution in [0.4, 0.5) is 5.69 Å². The molecule has 2 N–H and O–H groups in total. The number of para-hydroxylation sites is 1. The zero-order chi connectivity index (χ0) is 14.4. The van der Waals surface area contributed by atoms with Crippen molar-refractivity contribution in [1.29, 1.82) is 0 Å². The molecule has 4 nitrogen and oxygen atoms in total. The summed E-state index contributed by atoms with van der Waals surface area (Å²) in [7, 11) is 0. The summed E-state index contributed by atoms with van der Waals surface area (Å²) in [5, 5.41) is 9.88. The van der Waals surface area contributed by atoms with Crippen LogP contribution >= 0.6 is 0 Å². The van der Waals surface area contributed by atoms with Crippen molar-refractivity contribution in [2.75, 3.05) is 5.73 Å². The number of nitrogens with zero attached hydrogens (tertiary/aromatic N) is 3. The minimum atomic E-state index is 0.744. The highest BCUT2D eigenvalue weighted by Crippen LogP contribution is 2.26. The van der Waals surface area contributed by atoms with E-state index in [9.17, 15) is 0 Å². The van der Waals surface area contributed by atoms with Crippen LogP contribution in [0.15, 0.2) is 54.6 Å². The fourth-order valence-electron chi connectivity index (χ4n) is 2.72. The van der Waals surface area contributed by atoms with E-state index < -0.39 is 0 Å². The predicted molar refractivity (Wildman–Crippen MR) is 85.1 cm³/mol. The van der Waals surface area contributed by atoms with Gasteiger partial charge >= 0.3 is 0 Å². The van der Waals surface area contributed by atoms with Gasteiger partial charge < -0.3 is 5.73 Å². The summed E-state index contributed by atoms with van der Waals surface area (Å²) in [6, 6.07) is 18.1. The number of aryl methyl sites for hydroxylation is 1. The average Bonchev–Trinajstić information content (AvgIpc) is 2.92. The molecule has 4 rings (SSSR count). The van der Waals surface area contributed by atoms with Gasteiger partial charge in [-0.2, -0.15) is 0 Å². The maximum absolute atomic E-state index is 5.76. The van der Waals surface area contributed by atoms with E-state index in [0.717, 1.165) is 28.2 Å². The van der Waals surface area contributed by atoms with Gasteiger partial charge in [0.15, 0.2) is 11.5 Å². The first-order valence-corrected chi connectivity index (χ1v) is 6.83. The van der Waals surface area contributed by atoms with Crippen LogP contribution in [-0.4, -0.2) is 14.6 Å². The van der Waals surface area contributed by atoms with Crippen molar-refractivity contribution in [3.8, 4) is 11.4 Å². The van der Waals surface area contributed by atoms with E-state index >= 15 is 0 Å². The lowest BCUT2D eigenvalue weighted by Crippen LogP contribution is -1.94. The van der Waals surface area contributed by atoms with Gasteiger partial charge in [-0.05, 0) is 48.9 Å². The van der Waals surface area contributed by atoms with Crippen molar-refractivity contribution >= 4 is 22.2 Å². The molecule has 0 saturated heterocycles. The van der Waals surface area contributed by atoms with Gasteiger partial charge in [-0.25, -0.2) is 0 Å². The molecule has 0 atom stereocenters. The molecule has 0 unspecified atom stereocenters. The summed E-state index contributed by atoms with van der Waals surface area (Å²) in [5.41, 5.74) is 10.7. The molecule has 0 bridgehead atoms. The maximum atomic E-state index is 5.76. The molecule has 2 aromatic carbocycles. The standard InChI is InChI=1S/C17H14N4/c1-11-10-16-19-20-17(12-6-8-13(18)9-7-12)21(16)15-5-3-2-4-14(11)15/h2-10H,18H2,1H3. The molecular formula is C17H14N4. The molecule has 0 radical (unpaired) electrons. The van der Waals surface area contributed by atoms with Crippen molar-refractivity contribution in [3.63, 3.8) is 0 Å². The van der Waals surface area contributed by atoms with Gasteiger partial charge in [-0.1, -0.05) is 18.2 Å². The lowest BCUT2D eigenvalue weighted by Gasteiger charge is -2.07. The summed E-state index contributed by atoms with van der Waals surface area (Å²) in [6.45, 7) is 2.10. The Morgan fingerprint density at radius 1 is 0.952 bits per heavy atom. The summed E-state index contributed by atoms with van der Waals surface area (Å²) in [5.74, 6) is 0.834. The molecule has 102 valence electrons. The highest BCUT2D eigenvalue weighted by Gasteiger charge is 2.12. The Morgan fingerprint density at radius 3 is 2.52 bits per heavy atom. The highest BCUT2D eigenvalue weighted by atomic mass is 15.2. The number of rotatable bonds is 1. The van der Waals surface area contributed by atoms with Crippen molar-refractivity contribution in [2.45, 2.75) is 6.92 Å². The van der Waals surface area contributed by atoms with Crippen molar-refractivity contribution in [1.82, 2.24) is 14.6 Å². The molecule has 0 aliphatic carbocycles. The Hall–Kier alpha value is -2.88. The summed E-state index contributed by atoms with van der Waals surface area (Å²) in [4.78, 5) is 0. The molecule has 0 aliphatic heterocycles. The second-order valence-corrected chi connectivity index (χ2v) is 5.18. The number of hydrogen-bond donors (Lipinski definition) is 1. The SMILES string of the molecule is Cc1cc2nnc(-c3ccc(N)cc3)n2c2ccccc12. The van der Waals surface area contributed by atoms with Crippen LogP contribution in [0.3, 0.4) is 0 Å². The van der Waals surface area contributed by atoms with Gasteiger partial charge in [-0.15, -0.1) is 10.2 Å². The monoisotopic (exact) mass is 274 g/mol. The van der Waals surface area contributed by atoms with Gasteiger partial charge in [-0.3, -0.25) is 4.40 Å². The lowest BCUT2D eigenvalue weighted by molar-refractivity contribution is 1.12. The number of fused-ring (bicyclic) bond motifs is 3. The van der Waals surface area contributed by atoms with Gasteiger partial charge in [0.2, 0.25) is 0 Å². The van der Waals surface area contributed by atoms with Crippen molar-refractivity contribution in [3.05, 3.63) is 60.2 Å². The van der Waals surface area contributed by atoms with E-state index in [1.165, 1.54) is 10.9 Å². The van der Waals surface area contributed by atoms with E-state index in [4.69, 9.17) is 5.73 Å². The third kappa shape index (κ3) is 1.76. The zero-order valence-electron chi connectivity index (χ0n) is 11.6. The molecular weight excluding hydrogens is 260 g/mol. The van der Waals surface area contributed by atoms with Gasteiger partial charge in [0.25, 0.3) is 0 Å². The molecule has 0 spiro atoms. The Balaban J connectivity index is 2.11. The normalized spacial score (nSPS) is 11.3. The number of nitrogen functional groups attached to an aromatic ring is 1. The first-order chi connectivity index (χ1) is 10.2. The highest BCUT2D eigenvalue weighted by molar-refractivity contribution is 5.87. The number of hydrogen-bond acceptors (Lipinski definition) is 3. The van der Waals surface area contributed by atoms with Crippen LogP contribution in [0.25, 0.3) is 27.9 Å². The van der Waals surface area contributed by atoms with Crippen LogP contribution in [0.1, 0.15) is 5.56 Å². The maximum Gasteiger partial charge on any atom is 0.168 e. The van der Waals surface area contributed by atoms with Gasteiger partial charge in [0, 0.05) is 16.6 Å². The van der Waals surface area contributed by atoms with Gasteiger partial charge in [0.1, 0.15) is 0 Å². The van der Waals surface area contributed by atoms with Crippen molar-refractivity contribution < 1.29 is 0 Å². The van der Waals surface area contributed by atoms with E-state index in [-0.39, 0.29) is 0 Å². The molecule has 0 fully saturated rings. The topological polar surface area (TPSA) is 56.2 Å². The molecule has 0 amide bonds. The first-order valence-electron chi connectivity index (χ1n) is 6.83. The van der Waals surface area contributed by atoms with E-state index in [1.54, 1.807) is 0 Å². The molecule has 0 aliphatic rings. The van der Waals surface area contributed by atoms with Crippen LogP contribution in [0.5, 0.6) is 0 Å². The lowest BCUT2D eigenvalue weighted by atomic mass is 10.1. The fourth-order valence-corrected chi connectivity index (χ4v) is 2.72. The van der Waals surface area contributed by atoms with Crippen molar-refractivity contribution in [2.24, 2.45) is 0 Å². The first kappa shape index (κ1) is 11.9. The largest absolute Gasteiger partial charge is 0.399 e. The molecule has 21 heavy (non-hydrogen) atoms. The van der Waals surface area contributed by atoms with Crippen LogP contribution < -0.4 is 5.73 Å². The minimum absolute atomic E-state index is 0.744. The smallest absolute Gasteiger partial charge is 0.168 e. The average molecular weight is 274 g/mol. The third-order valence-corrected chi connectivity index (χ3v) is 3.77. The Bertz CT molecular complexity index is 952. The summed E-state index contributed by atoms with van der Waals surface area (Å²) >= 11 is 0. The number of pyridine rings is 1. The number of anilines is 1. The van der Waals surface area contributed by atoms with E-state index in [2.05, 4.69) is 45.8 Å². The van der Waals surface area contributed by atoms with Crippen LogP contribution in [0, 0.1) is 6.92 Å². The predicted octanol–water partition coefficient (Wildman–Crippen LogP) is 3.44. The zero-order valence-corrected chi connectivity index (χ0v) is 11.6. The van der Waals surface area contributed by atoms with E-state index in [1.807, 2.05) is 30.3 Å². The third-order valence-electron chi connectivity index (χ3n) is 3.77. The summed E-state index contributed by atoms with van der Waals surface area (Å²) < 4.78 is 2.09. The second kappa shape index (κ2) is 4.31. The Morgan fingerprint density at radius 2 is 1.71 bits per heavy atom.